The molecule has 1 aliphatic heterocycles. The molecule has 2 heteroatoms. The van der Waals surface area contributed by atoms with Crippen LogP contribution in [0, 0.1) is 0 Å². The molecule has 2 aromatic carbocycles. The first-order chi connectivity index (χ1) is 11.1. The molecule has 0 radical (unpaired) electrons. The van der Waals surface area contributed by atoms with Gasteiger partial charge in [0.25, 0.3) is 0 Å². The van der Waals surface area contributed by atoms with Crippen LogP contribution in [0.4, 0.5) is 5.69 Å². The normalized spacial score (nSPS) is 26.0. The summed E-state index contributed by atoms with van der Waals surface area (Å²) in [4.78, 5) is 0. The maximum Gasteiger partial charge on any atom is 0.0548 e. The molecule has 0 spiro atoms. The molecule has 1 fully saturated rings. The number of halogens is 1. The third-order valence-electron chi connectivity index (χ3n) is 5.29. The lowest BCUT2D eigenvalue weighted by atomic mass is 9.81. The largest absolute Gasteiger partial charge is 0.358 e. The summed E-state index contributed by atoms with van der Waals surface area (Å²) in [6.45, 7) is 4.60. The van der Waals surface area contributed by atoms with E-state index < -0.39 is 0 Å². The number of anilines is 1. The van der Waals surface area contributed by atoms with Crippen molar-refractivity contribution in [3.05, 3.63) is 65.4 Å². The van der Waals surface area contributed by atoms with Crippen molar-refractivity contribution in [1.29, 1.82) is 0 Å². The van der Waals surface area contributed by atoms with Crippen LogP contribution in [-0.2, 0) is 5.41 Å². The summed E-state index contributed by atoms with van der Waals surface area (Å²) >= 11 is 6.38. The van der Waals surface area contributed by atoms with Gasteiger partial charge in [0.2, 0.25) is 0 Å². The summed E-state index contributed by atoms with van der Waals surface area (Å²) in [6.07, 6.45) is 7.94. The third-order valence-corrected chi connectivity index (χ3v) is 5.78. The Kier molecular flexibility index (Phi) is 3.50. The van der Waals surface area contributed by atoms with E-state index in [1.54, 1.807) is 0 Å². The second kappa shape index (κ2) is 5.42. The Labute approximate surface area is 143 Å². The van der Waals surface area contributed by atoms with Gasteiger partial charge in [-0.25, -0.2) is 0 Å². The molecule has 1 nitrogen and oxygen atoms in total. The van der Waals surface area contributed by atoms with Crippen molar-refractivity contribution in [3.8, 4) is 0 Å². The van der Waals surface area contributed by atoms with Gasteiger partial charge in [-0.05, 0) is 47.7 Å². The van der Waals surface area contributed by atoms with E-state index in [1.165, 1.54) is 39.7 Å². The molecule has 23 heavy (non-hydrogen) atoms. The van der Waals surface area contributed by atoms with Gasteiger partial charge in [0, 0.05) is 16.8 Å². The standard InChI is InChI=1S/C21H22ClN/c1-21(2)19(13-11-15-7-5-9-17(15)22)23-18-12-10-14-6-3-4-8-16(14)20(18)21/h3-4,6,8,10-13,17,23H,5,7,9H2,1-2H3/b15-11+,19-13+. The Bertz CT molecular complexity index is 829. The van der Waals surface area contributed by atoms with Crippen molar-refractivity contribution in [2.75, 3.05) is 5.32 Å². The fourth-order valence-corrected chi connectivity index (χ4v) is 4.28. The van der Waals surface area contributed by atoms with Gasteiger partial charge in [-0.1, -0.05) is 55.8 Å². The zero-order chi connectivity index (χ0) is 16.0. The van der Waals surface area contributed by atoms with Crippen molar-refractivity contribution < 1.29 is 0 Å². The Hall–Kier alpha value is -1.73. The first-order valence-corrected chi connectivity index (χ1v) is 8.85. The van der Waals surface area contributed by atoms with Gasteiger partial charge in [-0.15, -0.1) is 11.6 Å². The van der Waals surface area contributed by atoms with Gasteiger partial charge in [0.1, 0.15) is 0 Å². The van der Waals surface area contributed by atoms with E-state index in [4.69, 9.17) is 11.6 Å². The predicted octanol–water partition coefficient (Wildman–Crippen LogP) is 6.14. The van der Waals surface area contributed by atoms with Crippen LogP contribution >= 0.6 is 11.6 Å². The molecular weight excluding hydrogens is 302 g/mol. The van der Waals surface area contributed by atoms with Crippen LogP contribution in [0.25, 0.3) is 10.8 Å². The zero-order valence-electron chi connectivity index (χ0n) is 13.7. The Morgan fingerprint density at radius 1 is 1.13 bits per heavy atom. The molecular formula is C21H22ClN. The van der Waals surface area contributed by atoms with Crippen molar-refractivity contribution in [1.82, 2.24) is 0 Å². The van der Waals surface area contributed by atoms with Gasteiger partial charge in [0.05, 0.1) is 5.38 Å². The maximum atomic E-state index is 6.38. The van der Waals surface area contributed by atoms with Gasteiger partial charge >= 0.3 is 0 Å². The minimum Gasteiger partial charge on any atom is -0.358 e. The van der Waals surface area contributed by atoms with Gasteiger partial charge in [-0.2, -0.15) is 0 Å². The molecule has 4 rings (SSSR count). The van der Waals surface area contributed by atoms with Crippen LogP contribution < -0.4 is 5.32 Å². The van der Waals surface area contributed by atoms with E-state index >= 15 is 0 Å². The minimum atomic E-state index is -0.0202. The van der Waals surface area contributed by atoms with E-state index in [2.05, 4.69) is 67.7 Å². The molecule has 1 heterocycles. The number of rotatable bonds is 1. The van der Waals surface area contributed by atoms with Crippen molar-refractivity contribution in [2.45, 2.75) is 43.9 Å². The molecule has 1 unspecified atom stereocenters. The summed E-state index contributed by atoms with van der Waals surface area (Å²) < 4.78 is 0. The number of hydrogen-bond acceptors (Lipinski definition) is 1. The van der Waals surface area contributed by atoms with Crippen LogP contribution in [-0.4, -0.2) is 5.38 Å². The number of nitrogens with one attached hydrogen (secondary N) is 1. The minimum absolute atomic E-state index is 0.0202. The Morgan fingerprint density at radius 3 is 2.74 bits per heavy atom. The second-order valence-corrected chi connectivity index (χ2v) is 7.67. The summed E-state index contributed by atoms with van der Waals surface area (Å²) in [5, 5.41) is 6.50. The van der Waals surface area contributed by atoms with Crippen molar-refractivity contribution in [2.24, 2.45) is 0 Å². The average Bonchev–Trinajstić information content (AvgIpc) is 3.06. The summed E-state index contributed by atoms with van der Waals surface area (Å²) in [6, 6.07) is 13.0. The molecule has 1 N–H and O–H groups in total. The van der Waals surface area contributed by atoms with E-state index in [-0.39, 0.29) is 10.8 Å². The monoisotopic (exact) mass is 323 g/mol. The molecule has 0 saturated heterocycles. The molecule has 2 aromatic rings. The first kappa shape index (κ1) is 14.8. The van der Waals surface area contributed by atoms with Gasteiger partial charge in [-0.3, -0.25) is 0 Å². The second-order valence-electron chi connectivity index (χ2n) is 7.14. The molecule has 1 atom stereocenters. The molecule has 118 valence electrons. The first-order valence-electron chi connectivity index (χ1n) is 8.42. The highest BCUT2D eigenvalue weighted by Gasteiger charge is 2.35. The highest BCUT2D eigenvalue weighted by atomic mass is 35.5. The Balaban J connectivity index is 1.80. The van der Waals surface area contributed by atoms with Crippen LogP contribution in [0.5, 0.6) is 0 Å². The van der Waals surface area contributed by atoms with Gasteiger partial charge < -0.3 is 5.32 Å². The highest BCUT2D eigenvalue weighted by Crippen LogP contribution is 2.46. The van der Waals surface area contributed by atoms with Crippen LogP contribution in [0.1, 0.15) is 38.7 Å². The zero-order valence-corrected chi connectivity index (χ0v) is 14.5. The molecule has 0 bridgehead atoms. The van der Waals surface area contributed by atoms with E-state index in [9.17, 15) is 0 Å². The lowest BCUT2D eigenvalue weighted by Gasteiger charge is -2.21. The van der Waals surface area contributed by atoms with E-state index in [1.807, 2.05) is 0 Å². The number of hydrogen-bond donors (Lipinski definition) is 1. The molecule has 1 aliphatic carbocycles. The number of fused-ring (bicyclic) bond motifs is 3. The lowest BCUT2D eigenvalue weighted by Crippen LogP contribution is -2.17. The SMILES string of the molecule is CC1(C)/C(=C\C=C2/CCCC2Cl)Nc2ccc3ccccc3c21. The maximum absolute atomic E-state index is 6.38. The van der Waals surface area contributed by atoms with Crippen LogP contribution in [0.15, 0.2) is 59.8 Å². The van der Waals surface area contributed by atoms with Crippen LogP contribution in [0.2, 0.25) is 0 Å². The lowest BCUT2D eigenvalue weighted by molar-refractivity contribution is 0.659. The average molecular weight is 324 g/mol. The van der Waals surface area contributed by atoms with Crippen molar-refractivity contribution >= 4 is 28.1 Å². The molecule has 0 aromatic heterocycles. The fourth-order valence-electron chi connectivity index (χ4n) is 3.94. The number of alkyl halides is 1. The highest BCUT2D eigenvalue weighted by molar-refractivity contribution is 6.22. The topological polar surface area (TPSA) is 12.0 Å². The van der Waals surface area contributed by atoms with E-state index in [0.29, 0.717) is 0 Å². The summed E-state index contributed by atoms with van der Waals surface area (Å²) in [7, 11) is 0. The quantitative estimate of drug-likeness (QED) is 0.621. The van der Waals surface area contributed by atoms with Crippen LogP contribution in [0.3, 0.4) is 0 Å². The third kappa shape index (κ3) is 2.38. The summed E-state index contributed by atoms with van der Waals surface area (Å²) in [5.74, 6) is 0. The van der Waals surface area contributed by atoms with Gasteiger partial charge in [0.15, 0.2) is 0 Å². The molecule has 1 saturated carbocycles. The smallest absolute Gasteiger partial charge is 0.0548 e. The molecule has 0 amide bonds. The summed E-state index contributed by atoms with van der Waals surface area (Å²) in [5.41, 5.74) is 5.24. The fraction of sp³-hybridized carbons (Fsp3) is 0.333. The molecule has 2 aliphatic rings. The number of allylic oxidation sites excluding steroid dienone is 4. The van der Waals surface area contributed by atoms with E-state index in [0.717, 1.165) is 12.8 Å². The number of benzene rings is 2. The Morgan fingerprint density at radius 2 is 1.96 bits per heavy atom. The predicted molar refractivity (Wildman–Crippen MR) is 100 cm³/mol. The van der Waals surface area contributed by atoms with Crippen molar-refractivity contribution in [3.63, 3.8) is 0 Å².